The van der Waals surface area contributed by atoms with E-state index in [1.54, 1.807) is 0 Å². The van der Waals surface area contributed by atoms with Crippen LogP contribution >= 0.6 is 11.8 Å². The van der Waals surface area contributed by atoms with Crippen LogP contribution in [0.3, 0.4) is 0 Å². The van der Waals surface area contributed by atoms with E-state index in [1.165, 1.54) is 10.5 Å². The molecule has 2 heterocycles. The highest BCUT2D eigenvalue weighted by Crippen LogP contribution is 2.52. The average molecular weight is 247 g/mol. The zero-order valence-corrected chi connectivity index (χ0v) is 11.1. The number of nitrogens with one attached hydrogen (secondary N) is 1. The number of hydrogen-bond acceptors (Lipinski definition) is 2. The lowest BCUT2D eigenvalue weighted by molar-refractivity contribution is -0.119. The van der Waals surface area contributed by atoms with Crippen LogP contribution in [0.2, 0.25) is 0 Å². The molecule has 3 rings (SSSR count). The number of carbonyl (C=O) groups is 1. The Balaban J connectivity index is 2.19. The SMILES string of the molecule is CC1(C)NC(=O)CC12CCSc1ccccc12. The molecular formula is C14H17NOS. The topological polar surface area (TPSA) is 29.1 Å². The largest absolute Gasteiger partial charge is 0.350 e. The second kappa shape index (κ2) is 3.52. The van der Waals surface area contributed by atoms with Crippen molar-refractivity contribution >= 4 is 17.7 Å². The van der Waals surface area contributed by atoms with Gasteiger partial charge in [0.1, 0.15) is 0 Å². The average Bonchev–Trinajstić information content (AvgIpc) is 2.50. The van der Waals surface area contributed by atoms with Crippen LogP contribution in [0.15, 0.2) is 29.2 Å². The van der Waals surface area contributed by atoms with Gasteiger partial charge in [0.2, 0.25) is 5.91 Å². The Morgan fingerprint density at radius 2 is 2.06 bits per heavy atom. The van der Waals surface area contributed by atoms with E-state index >= 15 is 0 Å². The first-order valence-corrected chi connectivity index (χ1v) is 7.07. The van der Waals surface area contributed by atoms with Crippen LogP contribution in [0.25, 0.3) is 0 Å². The van der Waals surface area contributed by atoms with Crippen molar-refractivity contribution in [3.8, 4) is 0 Å². The maximum absolute atomic E-state index is 11.8. The molecule has 1 aromatic carbocycles. The van der Waals surface area contributed by atoms with E-state index < -0.39 is 0 Å². The first-order valence-electron chi connectivity index (χ1n) is 6.08. The maximum Gasteiger partial charge on any atom is 0.221 e. The highest BCUT2D eigenvalue weighted by atomic mass is 32.2. The van der Waals surface area contributed by atoms with Crippen LogP contribution in [-0.2, 0) is 10.2 Å². The van der Waals surface area contributed by atoms with Gasteiger partial charge in [0.25, 0.3) is 0 Å². The van der Waals surface area contributed by atoms with Gasteiger partial charge in [0.05, 0.1) is 0 Å². The number of thioether (sulfide) groups is 1. The Bertz CT molecular complexity index is 483. The van der Waals surface area contributed by atoms with Gasteiger partial charge in [-0.05, 0) is 37.7 Å². The fraction of sp³-hybridized carbons (Fsp3) is 0.500. The minimum atomic E-state index is -0.138. The minimum Gasteiger partial charge on any atom is -0.350 e. The van der Waals surface area contributed by atoms with E-state index in [-0.39, 0.29) is 16.9 Å². The Hall–Kier alpha value is -0.960. The van der Waals surface area contributed by atoms with Crippen molar-refractivity contribution in [3.05, 3.63) is 29.8 Å². The Morgan fingerprint density at radius 3 is 2.76 bits per heavy atom. The van der Waals surface area contributed by atoms with Gasteiger partial charge in [-0.3, -0.25) is 4.79 Å². The molecule has 1 atom stereocenters. The summed E-state index contributed by atoms with van der Waals surface area (Å²) < 4.78 is 0. The molecule has 0 bridgehead atoms. The van der Waals surface area contributed by atoms with Gasteiger partial charge in [-0.2, -0.15) is 0 Å². The molecule has 0 saturated carbocycles. The van der Waals surface area contributed by atoms with E-state index in [2.05, 4.69) is 43.4 Å². The second-order valence-electron chi connectivity index (χ2n) is 5.53. The number of carbonyl (C=O) groups excluding carboxylic acids is 1. The molecule has 0 aliphatic carbocycles. The summed E-state index contributed by atoms with van der Waals surface area (Å²) in [7, 11) is 0. The van der Waals surface area contributed by atoms with Crippen molar-refractivity contribution in [1.82, 2.24) is 5.32 Å². The number of hydrogen-bond donors (Lipinski definition) is 1. The van der Waals surface area contributed by atoms with Crippen LogP contribution in [0, 0.1) is 0 Å². The molecule has 2 nitrogen and oxygen atoms in total. The minimum absolute atomic E-state index is 0.00801. The molecular weight excluding hydrogens is 230 g/mol. The van der Waals surface area contributed by atoms with Crippen LogP contribution in [0.5, 0.6) is 0 Å². The van der Waals surface area contributed by atoms with Crippen molar-refractivity contribution in [2.45, 2.75) is 42.5 Å². The van der Waals surface area contributed by atoms with E-state index in [1.807, 2.05) is 11.8 Å². The van der Waals surface area contributed by atoms with E-state index in [0.29, 0.717) is 6.42 Å². The first-order chi connectivity index (χ1) is 8.05. The summed E-state index contributed by atoms with van der Waals surface area (Å²) in [4.78, 5) is 13.2. The Morgan fingerprint density at radius 1 is 1.29 bits per heavy atom. The third-order valence-electron chi connectivity index (χ3n) is 4.30. The van der Waals surface area contributed by atoms with E-state index in [9.17, 15) is 4.79 Å². The highest BCUT2D eigenvalue weighted by Gasteiger charge is 2.54. The molecule has 1 spiro atoms. The predicted octanol–water partition coefficient (Wildman–Crippen LogP) is 2.72. The van der Waals surface area contributed by atoms with Gasteiger partial charge in [-0.25, -0.2) is 0 Å². The Kier molecular flexibility index (Phi) is 2.31. The van der Waals surface area contributed by atoms with Gasteiger partial charge >= 0.3 is 0 Å². The lowest BCUT2D eigenvalue weighted by Crippen LogP contribution is -2.51. The summed E-state index contributed by atoms with van der Waals surface area (Å²) in [5.41, 5.74) is 1.22. The van der Waals surface area contributed by atoms with Gasteiger partial charge < -0.3 is 5.32 Å². The van der Waals surface area contributed by atoms with Crippen LogP contribution in [-0.4, -0.2) is 17.2 Å². The predicted molar refractivity (Wildman–Crippen MR) is 70.3 cm³/mol. The smallest absolute Gasteiger partial charge is 0.221 e. The van der Waals surface area contributed by atoms with Crippen molar-refractivity contribution in [2.24, 2.45) is 0 Å². The molecule has 1 fully saturated rings. The van der Waals surface area contributed by atoms with E-state index in [0.717, 1.165) is 12.2 Å². The fourth-order valence-corrected chi connectivity index (χ4v) is 4.56. The molecule has 17 heavy (non-hydrogen) atoms. The number of fused-ring (bicyclic) bond motifs is 2. The molecule has 1 unspecified atom stereocenters. The molecule has 2 aliphatic heterocycles. The van der Waals surface area contributed by atoms with Crippen LogP contribution in [0.1, 0.15) is 32.3 Å². The lowest BCUT2D eigenvalue weighted by Gasteiger charge is -2.44. The third kappa shape index (κ3) is 1.45. The van der Waals surface area contributed by atoms with Gasteiger partial charge in [0.15, 0.2) is 0 Å². The Labute approximate surface area is 106 Å². The van der Waals surface area contributed by atoms with Crippen LogP contribution < -0.4 is 5.32 Å². The standard InChI is InChI=1S/C14H17NOS/c1-13(2)14(9-12(16)15-13)7-8-17-11-6-4-3-5-10(11)14/h3-6H,7-9H2,1-2H3,(H,15,16). The molecule has 1 N–H and O–H groups in total. The number of amides is 1. The quantitative estimate of drug-likeness (QED) is 0.763. The van der Waals surface area contributed by atoms with Gasteiger partial charge in [0, 0.05) is 22.3 Å². The summed E-state index contributed by atoms with van der Waals surface area (Å²) in [5, 5.41) is 3.15. The first kappa shape index (κ1) is 11.1. The lowest BCUT2D eigenvalue weighted by atomic mass is 9.65. The summed E-state index contributed by atoms with van der Waals surface area (Å²) in [6.45, 7) is 4.31. The van der Waals surface area contributed by atoms with Gasteiger partial charge in [-0.15, -0.1) is 11.8 Å². The highest BCUT2D eigenvalue weighted by molar-refractivity contribution is 7.99. The van der Waals surface area contributed by atoms with Crippen molar-refractivity contribution in [3.63, 3.8) is 0 Å². The second-order valence-corrected chi connectivity index (χ2v) is 6.66. The molecule has 2 aliphatic rings. The molecule has 1 aromatic rings. The normalized spacial score (nSPS) is 30.1. The number of rotatable bonds is 0. The molecule has 0 radical (unpaired) electrons. The molecule has 1 saturated heterocycles. The summed E-state index contributed by atoms with van der Waals surface area (Å²) in [6.07, 6.45) is 1.72. The van der Waals surface area contributed by atoms with Crippen LogP contribution in [0.4, 0.5) is 0 Å². The maximum atomic E-state index is 11.8. The summed E-state index contributed by atoms with van der Waals surface area (Å²) in [5.74, 6) is 1.30. The van der Waals surface area contributed by atoms with Crippen molar-refractivity contribution in [2.75, 3.05) is 5.75 Å². The molecule has 3 heteroatoms. The monoisotopic (exact) mass is 247 g/mol. The summed E-state index contributed by atoms with van der Waals surface area (Å²) in [6, 6.07) is 8.55. The van der Waals surface area contributed by atoms with Crippen molar-refractivity contribution in [1.29, 1.82) is 0 Å². The van der Waals surface area contributed by atoms with Crippen molar-refractivity contribution < 1.29 is 4.79 Å². The molecule has 0 aromatic heterocycles. The van der Waals surface area contributed by atoms with E-state index in [4.69, 9.17) is 0 Å². The fourth-order valence-electron chi connectivity index (χ4n) is 3.30. The molecule has 1 amide bonds. The number of benzene rings is 1. The zero-order valence-electron chi connectivity index (χ0n) is 10.2. The molecule has 90 valence electrons. The van der Waals surface area contributed by atoms with Gasteiger partial charge in [-0.1, -0.05) is 18.2 Å². The third-order valence-corrected chi connectivity index (χ3v) is 5.37. The summed E-state index contributed by atoms with van der Waals surface area (Å²) >= 11 is 1.91. The zero-order chi connectivity index (χ0) is 12.1.